The highest BCUT2D eigenvalue weighted by Gasteiger charge is 2.14. The lowest BCUT2D eigenvalue weighted by molar-refractivity contribution is 0.218. The summed E-state index contributed by atoms with van der Waals surface area (Å²) in [6, 6.07) is 9.87. The molecular weight excluding hydrogens is 502 g/mol. The average Bonchev–Trinajstić information content (AvgIpc) is 2.93. The Labute approximate surface area is 223 Å². The lowest BCUT2D eigenvalue weighted by Crippen LogP contribution is -2.34. The second-order valence-electron chi connectivity index (χ2n) is 8.85. The Bertz CT molecular complexity index is 1720. The average molecular weight is 530 g/mol. The van der Waals surface area contributed by atoms with Gasteiger partial charge in [0.1, 0.15) is 36.3 Å². The van der Waals surface area contributed by atoms with Gasteiger partial charge in [-0.15, -0.1) is 0 Å². The molecule has 0 radical (unpaired) electrons. The highest BCUT2D eigenvalue weighted by atomic mass is 16.5. The minimum Gasteiger partial charge on any atom is -0.493 e. The van der Waals surface area contributed by atoms with Crippen LogP contribution in [0.5, 0.6) is 23.0 Å². The Hall–Kier alpha value is -4.90. The number of nitrogens with two attached hydrogens (primary N) is 2. The number of nitrogen functional groups attached to an aromatic ring is 1. The number of ether oxygens (including phenoxy) is 4. The van der Waals surface area contributed by atoms with Crippen molar-refractivity contribution >= 4 is 27.5 Å². The molecule has 0 bridgehead atoms. The number of hydrogen-bond donors (Lipinski definition) is 2. The van der Waals surface area contributed by atoms with Crippen LogP contribution >= 0.6 is 0 Å². The minimum absolute atomic E-state index is 0.147. The summed E-state index contributed by atoms with van der Waals surface area (Å²) in [5, 5.41) is 2.42. The highest BCUT2D eigenvalue weighted by Crippen LogP contribution is 2.37. The molecule has 39 heavy (non-hydrogen) atoms. The van der Waals surface area contributed by atoms with E-state index in [0.717, 1.165) is 21.7 Å². The van der Waals surface area contributed by atoms with Gasteiger partial charge in [-0.05, 0) is 30.5 Å². The maximum atomic E-state index is 11.5. The van der Waals surface area contributed by atoms with Crippen LogP contribution in [0, 0.1) is 6.92 Å². The van der Waals surface area contributed by atoms with Gasteiger partial charge in [-0.2, -0.15) is 0 Å². The fourth-order valence-corrected chi connectivity index (χ4v) is 4.16. The molecule has 0 unspecified atom stereocenters. The molecule has 4 aromatic heterocycles. The van der Waals surface area contributed by atoms with Gasteiger partial charge in [0.15, 0.2) is 11.5 Å². The molecule has 0 saturated heterocycles. The lowest BCUT2D eigenvalue weighted by Gasteiger charge is -2.15. The fraction of sp³-hybridized carbons (Fsp3) is 0.214. The van der Waals surface area contributed by atoms with E-state index >= 15 is 0 Å². The Morgan fingerprint density at radius 2 is 1.62 bits per heavy atom. The molecular formula is C28H27N5O6. The predicted octanol–water partition coefficient (Wildman–Crippen LogP) is 3.49. The molecule has 11 heteroatoms. The third-order valence-corrected chi connectivity index (χ3v) is 6.02. The van der Waals surface area contributed by atoms with Crippen molar-refractivity contribution in [1.82, 2.24) is 15.0 Å². The van der Waals surface area contributed by atoms with Crippen LogP contribution in [-0.4, -0.2) is 48.4 Å². The van der Waals surface area contributed by atoms with E-state index in [-0.39, 0.29) is 13.2 Å². The van der Waals surface area contributed by atoms with Crippen LogP contribution in [0.25, 0.3) is 32.9 Å². The molecule has 4 N–H and O–H groups in total. The summed E-state index contributed by atoms with van der Waals surface area (Å²) in [4.78, 5) is 24.9. The molecule has 0 aliphatic rings. The van der Waals surface area contributed by atoms with Gasteiger partial charge in [-0.3, -0.25) is 9.97 Å². The fourth-order valence-electron chi connectivity index (χ4n) is 4.16. The topological polar surface area (TPSA) is 158 Å². The van der Waals surface area contributed by atoms with Crippen LogP contribution in [0.1, 0.15) is 5.76 Å². The molecule has 5 rings (SSSR count). The number of nitrogens with zero attached hydrogens (tertiary/aromatic N) is 3. The quantitative estimate of drug-likeness (QED) is 0.269. The summed E-state index contributed by atoms with van der Waals surface area (Å²) in [5.41, 5.74) is 14.1. The first-order valence-electron chi connectivity index (χ1n) is 12.0. The summed E-state index contributed by atoms with van der Waals surface area (Å²) in [6.45, 7) is 1.98. The maximum absolute atomic E-state index is 11.5. The molecule has 200 valence electrons. The molecule has 11 nitrogen and oxygen atoms in total. The molecule has 0 fully saturated rings. The molecule has 1 atom stereocenters. The first kappa shape index (κ1) is 25.7. The van der Waals surface area contributed by atoms with Crippen molar-refractivity contribution in [1.29, 1.82) is 0 Å². The van der Waals surface area contributed by atoms with Crippen LogP contribution < -0.4 is 36.0 Å². The zero-order chi connectivity index (χ0) is 27.5. The second kappa shape index (κ2) is 10.8. The van der Waals surface area contributed by atoms with Crippen LogP contribution in [0.15, 0.2) is 64.2 Å². The number of aryl methyl sites for hydroxylation is 1. The van der Waals surface area contributed by atoms with Gasteiger partial charge in [0.25, 0.3) is 0 Å². The first-order chi connectivity index (χ1) is 18.8. The smallest absolute Gasteiger partial charge is 0.339 e. The summed E-state index contributed by atoms with van der Waals surface area (Å²) < 4.78 is 27.3. The Morgan fingerprint density at radius 3 is 2.36 bits per heavy atom. The van der Waals surface area contributed by atoms with E-state index in [4.69, 9.17) is 34.8 Å². The summed E-state index contributed by atoms with van der Waals surface area (Å²) >= 11 is 0. The molecule has 0 amide bonds. The zero-order valence-corrected chi connectivity index (χ0v) is 21.6. The van der Waals surface area contributed by atoms with Crippen molar-refractivity contribution in [3.8, 4) is 34.3 Å². The number of pyridine rings is 3. The van der Waals surface area contributed by atoms with Crippen molar-refractivity contribution in [2.75, 3.05) is 33.2 Å². The van der Waals surface area contributed by atoms with Crippen molar-refractivity contribution in [3.05, 3.63) is 71.2 Å². The monoisotopic (exact) mass is 529 g/mol. The molecule has 0 aliphatic heterocycles. The summed E-state index contributed by atoms with van der Waals surface area (Å²) in [7, 11) is 3.16. The van der Waals surface area contributed by atoms with E-state index in [1.807, 2.05) is 24.3 Å². The van der Waals surface area contributed by atoms with Crippen molar-refractivity contribution in [2.24, 2.45) is 5.73 Å². The van der Waals surface area contributed by atoms with Crippen LogP contribution in [0.3, 0.4) is 0 Å². The largest absolute Gasteiger partial charge is 0.493 e. The van der Waals surface area contributed by atoms with Crippen LogP contribution in [0.2, 0.25) is 0 Å². The van der Waals surface area contributed by atoms with Crippen molar-refractivity contribution in [3.63, 3.8) is 0 Å². The standard InChI is InChI=1S/C28H27N5O6/c1-15-4-18(6-27(34)39-15)37-13-17(29)14-38-19-5-16(10-31-11-19)23-7-20-21-8-25(35-2)26(36-3)9-24(21)32-12-22(20)28(30)33-23/h4-12,17H,13-14,29H2,1-3H3,(H2,30,33)/t17-/m0/s1. The Kier molecular flexibility index (Phi) is 7.15. The molecule has 0 saturated carbocycles. The van der Waals surface area contributed by atoms with E-state index in [1.165, 1.54) is 6.07 Å². The van der Waals surface area contributed by atoms with Gasteiger partial charge in [0, 0.05) is 40.9 Å². The third-order valence-electron chi connectivity index (χ3n) is 6.02. The van der Waals surface area contributed by atoms with Crippen molar-refractivity contribution < 1.29 is 23.4 Å². The number of hydrogen-bond acceptors (Lipinski definition) is 11. The van der Waals surface area contributed by atoms with Gasteiger partial charge < -0.3 is 34.8 Å². The van der Waals surface area contributed by atoms with Crippen LogP contribution in [-0.2, 0) is 0 Å². The Balaban J connectivity index is 1.37. The van der Waals surface area contributed by atoms with E-state index in [2.05, 4.69) is 15.0 Å². The summed E-state index contributed by atoms with van der Waals surface area (Å²) in [5.74, 6) is 2.85. The third kappa shape index (κ3) is 5.53. The SMILES string of the molecule is COc1cc2ncc3c(N)nc(-c4cncc(OC[C@@H](N)COc5cc(C)oc(=O)c5)c4)cc3c2cc1OC. The van der Waals surface area contributed by atoms with E-state index in [9.17, 15) is 4.79 Å². The number of anilines is 1. The van der Waals surface area contributed by atoms with Gasteiger partial charge in [-0.1, -0.05) is 0 Å². The molecule has 0 spiro atoms. The summed E-state index contributed by atoms with van der Waals surface area (Å²) in [6.07, 6.45) is 4.96. The molecule has 0 aliphatic carbocycles. The first-order valence-corrected chi connectivity index (χ1v) is 12.0. The molecule has 5 aromatic rings. The lowest BCUT2D eigenvalue weighted by atomic mass is 10.0. The number of fused-ring (bicyclic) bond motifs is 3. The predicted molar refractivity (Wildman–Crippen MR) is 146 cm³/mol. The van der Waals surface area contributed by atoms with E-state index in [1.54, 1.807) is 45.8 Å². The number of benzene rings is 1. The molecule has 4 heterocycles. The van der Waals surface area contributed by atoms with Crippen LogP contribution in [0.4, 0.5) is 5.82 Å². The van der Waals surface area contributed by atoms with Crippen molar-refractivity contribution in [2.45, 2.75) is 13.0 Å². The maximum Gasteiger partial charge on any atom is 0.339 e. The zero-order valence-electron chi connectivity index (χ0n) is 21.6. The van der Waals surface area contributed by atoms with Gasteiger partial charge in [-0.25, -0.2) is 9.78 Å². The number of rotatable bonds is 9. The van der Waals surface area contributed by atoms with E-state index < -0.39 is 11.7 Å². The normalized spacial score (nSPS) is 11.9. The molecule has 1 aromatic carbocycles. The number of aromatic nitrogens is 3. The van der Waals surface area contributed by atoms with Gasteiger partial charge in [0.2, 0.25) is 0 Å². The van der Waals surface area contributed by atoms with E-state index in [0.29, 0.717) is 45.8 Å². The minimum atomic E-state index is -0.483. The van der Waals surface area contributed by atoms with Gasteiger partial charge >= 0.3 is 5.63 Å². The second-order valence-corrected chi connectivity index (χ2v) is 8.85. The van der Waals surface area contributed by atoms with Gasteiger partial charge in [0.05, 0.1) is 43.7 Å². The highest BCUT2D eigenvalue weighted by molar-refractivity contribution is 6.10. The number of methoxy groups -OCH3 is 2. The Morgan fingerprint density at radius 1 is 0.872 bits per heavy atom.